The molecule has 0 heterocycles. The van der Waals surface area contributed by atoms with Gasteiger partial charge in [0.2, 0.25) is 0 Å². The van der Waals surface area contributed by atoms with E-state index in [0.717, 1.165) is 6.42 Å². The molecule has 0 saturated heterocycles. The van der Waals surface area contributed by atoms with Crippen molar-refractivity contribution in [2.75, 3.05) is 0 Å². The molecule has 0 fully saturated rings. The van der Waals surface area contributed by atoms with Crippen LogP contribution in [0.1, 0.15) is 161 Å². The normalized spacial score (nSPS) is 11.8. The minimum Gasteiger partial charge on any atom is -0.325 e. The molecule has 0 saturated carbocycles. The monoisotopic (exact) mass is 457 g/mol. The zero-order valence-electron chi connectivity index (χ0n) is 22.7. The highest BCUT2D eigenvalue weighted by Gasteiger charge is 2.24. The molecule has 0 bridgehead atoms. The molecule has 1 rings (SSSR count). The van der Waals surface area contributed by atoms with E-state index in [9.17, 15) is 0 Å². The van der Waals surface area contributed by atoms with Crippen LogP contribution in [0.25, 0.3) is 0 Å². The van der Waals surface area contributed by atoms with Crippen molar-refractivity contribution in [3.8, 4) is 0 Å². The van der Waals surface area contributed by atoms with Gasteiger partial charge in [0.15, 0.2) is 0 Å². The summed E-state index contributed by atoms with van der Waals surface area (Å²) in [4.78, 5) is 0. The largest absolute Gasteiger partial charge is 0.325 e. The van der Waals surface area contributed by atoms with Crippen LogP contribution in [0.2, 0.25) is 0 Å². The van der Waals surface area contributed by atoms with Crippen LogP contribution in [-0.2, 0) is 6.42 Å². The summed E-state index contributed by atoms with van der Waals surface area (Å²) in [6.45, 7) is 4.59. The third-order valence-electron chi connectivity index (χ3n) is 7.46. The minimum absolute atomic E-state index is 0.0122. The molecule has 1 aromatic rings. The molecule has 33 heavy (non-hydrogen) atoms. The maximum Gasteiger partial charge on any atom is 0.0195 e. The molecular weight excluding hydrogens is 398 g/mol. The Labute approximate surface area is 208 Å². The van der Waals surface area contributed by atoms with Gasteiger partial charge in [-0.05, 0) is 24.8 Å². The Bertz CT molecular complexity index is 484. The zero-order chi connectivity index (χ0) is 23.9. The lowest BCUT2D eigenvalue weighted by Crippen LogP contribution is -2.42. The van der Waals surface area contributed by atoms with Gasteiger partial charge in [-0.2, -0.15) is 0 Å². The summed E-state index contributed by atoms with van der Waals surface area (Å²) < 4.78 is 0. The summed E-state index contributed by atoms with van der Waals surface area (Å²) in [6.07, 6.45) is 31.4. The first kappa shape index (κ1) is 30.2. The molecule has 0 spiro atoms. The Morgan fingerprint density at radius 1 is 0.485 bits per heavy atom. The van der Waals surface area contributed by atoms with E-state index in [0.29, 0.717) is 0 Å². The second-order valence-electron chi connectivity index (χ2n) is 10.9. The zero-order valence-corrected chi connectivity index (χ0v) is 22.7. The van der Waals surface area contributed by atoms with Gasteiger partial charge in [0.25, 0.3) is 0 Å². The molecule has 1 aromatic carbocycles. The van der Waals surface area contributed by atoms with Crippen LogP contribution in [0.4, 0.5) is 0 Å². The second-order valence-corrected chi connectivity index (χ2v) is 10.9. The molecule has 0 amide bonds. The van der Waals surface area contributed by atoms with Crippen molar-refractivity contribution in [2.45, 2.75) is 167 Å². The molecule has 2 N–H and O–H groups in total. The Morgan fingerprint density at radius 3 is 1.18 bits per heavy atom. The summed E-state index contributed by atoms with van der Waals surface area (Å²) in [5, 5.41) is 0. The van der Waals surface area contributed by atoms with Gasteiger partial charge in [0, 0.05) is 5.54 Å². The van der Waals surface area contributed by atoms with E-state index in [1.54, 1.807) is 0 Å². The maximum absolute atomic E-state index is 7.05. The summed E-state index contributed by atoms with van der Waals surface area (Å²) in [7, 11) is 0. The predicted octanol–water partition coefficient (Wildman–Crippen LogP) is 10.5. The number of hydrogen-bond acceptors (Lipinski definition) is 1. The number of hydrogen-bond donors (Lipinski definition) is 1. The van der Waals surface area contributed by atoms with Gasteiger partial charge >= 0.3 is 0 Å². The van der Waals surface area contributed by atoms with Crippen LogP contribution in [0.3, 0.4) is 0 Å². The highest BCUT2D eigenvalue weighted by atomic mass is 14.7. The summed E-state index contributed by atoms with van der Waals surface area (Å²) >= 11 is 0. The van der Waals surface area contributed by atoms with E-state index in [1.807, 2.05) is 0 Å². The van der Waals surface area contributed by atoms with Crippen molar-refractivity contribution >= 4 is 0 Å². The maximum atomic E-state index is 7.05. The summed E-state index contributed by atoms with van der Waals surface area (Å²) in [5.41, 5.74) is 8.45. The van der Waals surface area contributed by atoms with Crippen molar-refractivity contribution in [2.24, 2.45) is 5.73 Å². The second kappa shape index (κ2) is 21.7. The fourth-order valence-electron chi connectivity index (χ4n) is 5.23. The van der Waals surface area contributed by atoms with Gasteiger partial charge in [-0.3, -0.25) is 0 Å². The molecule has 0 aliphatic heterocycles. The number of nitrogens with two attached hydrogens (primary N) is 1. The van der Waals surface area contributed by atoms with E-state index in [2.05, 4.69) is 44.2 Å². The van der Waals surface area contributed by atoms with Crippen LogP contribution in [0, 0.1) is 0 Å². The van der Waals surface area contributed by atoms with Gasteiger partial charge in [0.05, 0.1) is 0 Å². The first-order valence-electron chi connectivity index (χ1n) is 15.0. The fraction of sp³-hybridized carbons (Fsp3) is 0.812. The van der Waals surface area contributed by atoms with Gasteiger partial charge in [-0.15, -0.1) is 0 Å². The smallest absolute Gasteiger partial charge is 0.0195 e. The molecule has 0 aliphatic carbocycles. The Morgan fingerprint density at radius 2 is 0.818 bits per heavy atom. The molecule has 0 radical (unpaired) electrons. The molecule has 0 aromatic heterocycles. The minimum atomic E-state index is -0.0122. The molecule has 192 valence electrons. The van der Waals surface area contributed by atoms with E-state index in [4.69, 9.17) is 5.73 Å². The van der Waals surface area contributed by atoms with Crippen molar-refractivity contribution in [1.29, 1.82) is 0 Å². The van der Waals surface area contributed by atoms with Crippen molar-refractivity contribution in [3.05, 3.63) is 35.9 Å². The molecule has 0 unspecified atom stereocenters. The molecule has 0 aliphatic rings. The SMILES string of the molecule is CCCCCCCCCCCCC(N)(CCCCCCCCCCCC)Cc1ccccc1. The molecule has 1 nitrogen and oxygen atoms in total. The van der Waals surface area contributed by atoms with E-state index in [1.165, 1.54) is 147 Å². The Kier molecular flexibility index (Phi) is 19.9. The fourth-order valence-corrected chi connectivity index (χ4v) is 5.23. The summed E-state index contributed by atoms with van der Waals surface area (Å²) in [5.74, 6) is 0. The topological polar surface area (TPSA) is 26.0 Å². The Balaban J connectivity index is 2.22. The molecule has 0 atom stereocenters. The average Bonchev–Trinajstić information content (AvgIpc) is 2.82. The van der Waals surface area contributed by atoms with Gasteiger partial charge < -0.3 is 5.73 Å². The van der Waals surface area contributed by atoms with Gasteiger partial charge in [-0.25, -0.2) is 0 Å². The highest BCUT2D eigenvalue weighted by Crippen LogP contribution is 2.25. The van der Waals surface area contributed by atoms with Gasteiger partial charge in [0.1, 0.15) is 0 Å². The predicted molar refractivity (Wildman–Crippen MR) is 150 cm³/mol. The van der Waals surface area contributed by atoms with Crippen molar-refractivity contribution < 1.29 is 0 Å². The van der Waals surface area contributed by atoms with Crippen molar-refractivity contribution in [3.63, 3.8) is 0 Å². The van der Waals surface area contributed by atoms with E-state index in [-0.39, 0.29) is 5.54 Å². The molecule has 1 heteroatoms. The van der Waals surface area contributed by atoms with E-state index >= 15 is 0 Å². The third-order valence-corrected chi connectivity index (χ3v) is 7.46. The van der Waals surface area contributed by atoms with Crippen LogP contribution in [0.15, 0.2) is 30.3 Å². The number of unbranched alkanes of at least 4 members (excludes halogenated alkanes) is 18. The first-order valence-corrected chi connectivity index (χ1v) is 15.0. The standard InChI is InChI=1S/C32H59N/c1-3-5-7-9-11-13-15-17-19-24-28-32(33,30-31-26-22-21-23-27-31)29-25-20-18-16-14-12-10-8-6-4-2/h21-23,26-27H,3-20,24-25,28-30,33H2,1-2H3. The lowest BCUT2D eigenvalue weighted by Gasteiger charge is -2.30. The van der Waals surface area contributed by atoms with E-state index < -0.39 is 0 Å². The number of benzene rings is 1. The highest BCUT2D eigenvalue weighted by molar-refractivity contribution is 5.17. The summed E-state index contributed by atoms with van der Waals surface area (Å²) in [6, 6.07) is 11.0. The van der Waals surface area contributed by atoms with Crippen LogP contribution in [-0.4, -0.2) is 5.54 Å². The lowest BCUT2D eigenvalue weighted by atomic mass is 9.82. The Hall–Kier alpha value is -0.820. The quantitative estimate of drug-likeness (QED) is 0.153. The van der Waals surface area contributed by atoms with Crippen LogP contribution >= 0.6 is 0 Å². The van der Waals surface area contributed by atoms with Crippen molar-refractivity contribution in [1.82, 2.24) is 0 Å². The third kappa shape index (κ3) is 18.2. The molecular formula is C32H59N. The lowest BCUT2D eigenvalue weighted by molar-refractivity contribution is 0.332. The van der Waals surface area contributed by atoms with Crippen LogP contribution in [0.5, 0.6) is 0 Å². The van der Waals surface area contributed by atoms with Gasteiger partial charge in [-0.1, -0.05) is 173 Å². The first-order chi connectivity index (χ1) is 16.2. The van der Waals surface area contributed by atoms with Crippen LogP contribution < -0.4 is 5.73 Å². The number of rotatable bonds is 24. The average molecular weight is 458 g/mol.